The Kier molecular flexibility index (Phi) is 6.74. The van der Waals surface area contributed by atoms with Crippen molar-refractivity contribution in [1.82, 2.24) is 4.98 Å². The predicted molar refractivity (Wildman–Crippen MR) is 66.7 cm³/mol. The Morgan fingerprint density at radius 1 is 1.38 bits per heavy atom. The molecule has 0 atom stereocenters. The van der Waals surface area contributed by atoms with E-state index in [1.165, 1.54) is 0 Å². The van der Waals surface area contributed by atoms with Crippen LogP contribution in [-0.4, -0.2) is 22.3 Å². The minimum atomic E-state index is -0.677. The molecule has 0 aliphatic rings. The highest BCUT2D eigenvalue weighted by molar-refractivity contribution is 5.18. The lowest BCUT2D eigenvalue weighted by Gasteiger charge is -2.16. The Morgan fingerprint density at radius 2 is 2.00 bits per heavy atom. The van der Waals surface area contributed by atoms with E-state index in [0.717, 1.165) is 5.56 Å². The summed E-state index contributed by atoms with van der Waals surface area (Å²) in [5, 5.41) is 9.45. The van der Waals surface area contributed by atoms with Crippen LogP contribution in [0.4, 0.5) is 0 Å². The normalized spacial score (nSPS) is 10.4. The fourth-order valence-electron chi connectivity index (χ4n) is 0.993. The van der Waals surface area contributed by atoms with Gasteiger partial charge in [-0.3, -0.25) is 0 Å². The summed E-state index contributed by atoms with van der Waals surface area (Å²) in [5.74, 6) is 0.620. The average Bonchev–Trinajstić information content (AvgIpc) is 2.19. The molecule has 1 aromatic rings. The van der Waals surface area contributed by atoms with Crippen LogP contribution in [0.15, 0.2) is 18.3 Å². The molecule has 0 aromatic carbocycles. The maximum Gasteiger partial charge on any atom is 0.213 e. The summed E-state index contributed by atoms with van der Waals surface area (Å²) in [4.78, 5) is 4.06. The van der Waals surface area contributed by atoms with Gasteiger partial charge in [-0.25, -0.2) is 4.98 Å². The molecule has 0 saturated carbocycles. The summed E-state index contributed by atoms with van der Waals surface area (Å²) >= 11 is 0. The van der Waals surface area contributed by atoms with Crippen molar-refractivity contribution >= 4 is 0 Å². The molecule has 3 nitrogen and oxygen atoms in total. The van der Waals surface area contributed by atoms with Gasteiger partial charge >= 0.3 is 0 Å². The molecule has 0 unspecified atom stereocenters. The number of pyridine rings is 1. The Balaban J connectivity index is 0.00000106. The Hall–Kier alpha value is -1.09. The number of aryl methyl sites for hydroxylation is 1. The van der Waals surface area contributed by atoms with Gasteiger partial charge in [0.1, 0.15) is 0 Å². The molecule has 92 valence electrons. The van der Waals surface area contributed by atoms with Crippen LogP contribution in [0.5, 0.6) is 5.88 Å². The summed E-state index contributed by atoms with van der Waals surface area (Å²) in [6, 6.07) is 3.80. The van der Waals surface area contributed by atoms with E-state index in [4.69, 9.17) is 4.74 Å². The minimum absolute atomic E-state index is 0.486. The zero-order valence-corrected chi connectivity index (χ0v) is 10.9. The second-order valence-corrected chi connectivity index (χ2v) is 4.08. The molecule has 1 aromatic heterocycles. The molecule has 0 spiro atoms. The highest BCUT2D eigenvalue weighted by Gasteiger charge is 2.12. The number of hydrogen-bond acceptors (Lipinski definition) is 3. The molecule has 1 N–H and O–H groups in total. The molecule has 0 saturated heterocycles. The van der Waals surface area contributed by atoms with Crippen molar-refractivity contribution in [3.05, 3.63) is 23.9 Å². The topological polar surface area (TPSA) is 42.4 Å². The number of aliphatic hydroxyl groups is 1. The van der Waals surface area contributed by atoms with Gasteiger partial charge in [0.25, 0.3) is 0 Å². The molecule has 1 rings (SSSR count). The van der Waals surface area contributed by atoms with Gasteiger partial charge in [0.2, 0.25) is 5.88 Å². The van der Waals surface area contributed by atoms with Crippen LogP contribution in [0.2, 0.25) is 0 Å². The standard InChI is InChI=1S/C11H17NO2.C2H6/c1-9-4-6-12-10(8-9)14-7-5-11(2,3)13;1-2/h4,6,8,13H,5,7H2,1-3H3;1-2H3. The lowest BCUT2D eigenvalue weighted by Crippen LogP contribution is -2.21. The Bertz CT molecular complexity index is 292. The molecule has 16 heavy (non-hydrogen) atoms. The van der Waals surface area contributed by atoms with E-state index in [1.807, 2.05) is 32.9 Å². The van der Waals surface area contributed by atoms with Gasteiger partial charge in [-0.15, -0.1) is 0 Å². The van der Waals surface area contributed by atoms with Gasteiger partial charge in [-0.1, -0.05) is 13.8 Å². The lowest BCUT2D eigenvalue weighted by molar-refractivity contribution is 0.0547. The first-order chi connectivity index (χ1) is 7.47. The third kappa shape index (κ3) is 7.23. The van der Waals surface area contributed by atoms with Crippen LogP contribution in [0, 0.1) is 6.92 Å². The molecule has 0 bridgehead atoms. The summed E-state index contributed by atoms with van der Waals surface area (Å²) in [6.45, 7) is 10.0. The summed E-state index contributed by atoms with van der Waals surface area (Å²) in [5.41, 5.74) is 0.447. The van der Waals surface area contributed by atoms with Crippen LogP contribution >= 0.6 is 0 Å². The van der Waals surface area contributed by atoms with Crippen LogP contribution in [-0.2, 0) is 0 Å². The molecular weight excluding hydrogens is 202 g/mol. The first kappa shape index (κ1) is 14.9. The van der Waals surface area contributed by atoms with Gasteiger partial charge in [-0.2, -0.15) is 0 Å². The molecule has 0 fully saturated rings. The van der Waals surface area contributed by atoms with Gasteiger partial charge < -0.3 is 9.84 Å². The van der Waals surface area contributed by atoms with Crippen LogP contribution in [0.1, 0.15) is 39.7 Å². The first-order valence-corrected chi connectivity index (χ1v) is 5.75. The van der Waals surface area contributed by atoms with Gasteiger partial charge in [0.05, 0.1) is 12.2 Å². The van der Waals surface area contributed by atoms with E-state index in [1.54, 1.807) is 20.0 Å². The van der Waals surface area contributed by atoms with E-state index < -0.39 is 5.60 Å². The highest BCUT2D eigenvalue weighted by atomic mass is 16.5. The molecular formula is C13H23NO2. The van der Waals surface area contributed by atoms with Crippen molar-refractivity contribution in [2.75, 3.05) is 6.61 Å². The molecule has 3 heteroatoms. The largest absolute Gasteiger partial charge is 0.478 e. The number of aromatic nitrogens is 1. The van der Waals surface area contributed by atoms with Crippen molar-refractivity contribution in [3.8, 4) is 5.88 Å². The summed E-state index contributed by atoms with van der Waals surface area (Å²) in [7, 11) is 0. The van der Waals surface area contributed by atoms with E-state index in [2.05, 4.69) is 4.98 Å². The lowest BCUT2D eigenvalue weighted by atomic mass is 10.1. The zero-order valence-electron chi connectivity index (χ0n) is 10.9. The van der Waals surface area contributed by atoms with Crippen molar-refractivity contribution in [2.45, 2.75) is 46.6 Å². The third-order valence-electron chi connectivity index (χ3n) is 1.85. The van der Waals surface area contributed by atoms with Gasteiger partial charge in [0, 0.05) is 18.7 Å². The Labute approximate surface area is 98.5 Å². The summed E-state index contributed by atoms with van der Waals surface area (Å²) in [6.07, 6.45) is 2.32. The zero-order chi connectivity index (χ0) is 12.6. The molecule has 0 radical (unpaired) electrons. The van der Waals surface area contributed by atoms with E-state index in [0.29, 0.717) is 18.9 Å². The van der Waals surface area contributed by atoms with E-state index in [-0.39, 0.29) is 0 Å². The van der Waals surface area contributed by atoms with Crippen LogP contribution in [0.25, 0.3) is 0 Å². The first-order valence-electron chi connectivity index (χ1n) is 5.75. The quantitative estimate of drug-likeness (QED) is 0.856. The minimum Gasteiger partial charge on any atom is -0.478 e. The molecule has 0 amide bonds. The van der Waals surface area contributed by atoms with E-state index in [9.17, 15) is 5.11 Å². The van der Waals surface area contributed by atoms with Gasteiger partial charge in [-0.05, 0) is 32.4 Å². The molecule has 0 aliphatic heterocycles. The van der Waals surface area contributed by atoms with Crippen LogP contribution < -0.4 is 4.74 Å². The number of ether oxygens (including phenoxy) is 1. The second kappa shape index (κ2) is 7.23. The van der Waals surface area contributed by atoms with Crippen molar-refractivity contribution in [3.63, 3.8) is 0 Å². The van der Waals surface area contributed by atoms with Crippen molar-refractivity contribution in [1.29, 1.82) is 0 Å². The maximum absolute atomic E-state index is 9.45. The predicted octanol–water partition coefficient (Wildman–Crippen LogP) is 2.96. The molecule has 1 heterocycles. The number of rotatable bonds is 4. The van der Waals surface area contributed by atoms with Gasteiger partial charge in [0.15, 0.2) is 0 Å². The van der Waals surface area contributed by atoms with Crippen molar-refractivity contribution in [2.24, 2.45) is 0 Å². The Morgan fingerprint density at radius 3 is 2.50 bits per heavy atom. The third-order valence-corrected chi connectivity index (χ3v) is 1.85. The monoisotopic (exact) mass is 225 g/mol. The maximum atomic E-state index is 9.45. The van der Waals surface area contributed by atoms with Crippen LogP contribution in [0.3, 0.4) is 0 Å². The molecule has 0 aliphatic carbocycles. The number of nitrogens with zero attached hydrogens (tertiary/aromatic N) is 1. The average molecular weight is 225 g/mol. The SMILES string of the molecule is CC.Cc1ccnc(OCCC(C)(C)O)c1. The fraction of sp³-hybridized carbons (Fsp3) is 0.615. The highest BCUT2D eigenvalue weighted by Crippen LogP contribution is 2.11. The van der Waals surface area contributed by atoms with E-state index >= 15 is 0 Å². The smallest absolute Gasteiger partial charge is 0.213 e. The summed E-state index contributed by atoms with van der Waals surface area (Å²) < 4.78 is 5.39. The second-order valence-electron chi connectivity index (χ2n) is 4.08. The fourth-order valence-corrected chi connectivity index (χ4v) is 0.993. The number of hydrogen-bond donors (Lipinski definition) is 1. The van der Waals surface area contributed by atoms with Crippen molar-refractivity contribution < 1.29 is 9.84 Å².